The summed E-state index contributed by atoms with van der Waals surface area (Å²) in [6.07, 6.45) is 2.94. The Morgan fingerprint density at radius 2 is 1.64 bits per heavy atom. The van der Waals surface area contributed by atoms with Crippen molar-refractivity contribution in [2.75, 3.05) is 25.0 Å². The Morgan fingerprint density at radius 3 is 2.02 bits per heavy atom. The van der Waals surface area contributed by atoms with E-state index in [2.05, 4.69) is 37.2 Å². The number of nitrogens with one attached hydrogen (secondary N) is 2. The normalized spacial score (nSPS) is 14.9. The Bertz CT molecular complexity index is 1190. The van der Waals surface area contributed by atoms with E-state index < -0.39 is 30.2 Å². The number of ketones is 1. The van der Waals surface area contributed by atoms with Crippen LogP contribution in [0.3, 0.4) is 0 Å². The van der Waals surface area contributed by atoms with Gasteiger partial charge in [-0.25, -0.2) is 4.39 Å². The van der Waals surface area contributed by atoms with Gasteiger partial charge in [0.1, 0.15) is 5.75 Å². The van der Waals surface area contributed by atoms with Gasteiger partial charge in [-0.2, -0.15) is 8.78 Å². The molecule has 0 aliphatic carbocycles. The van der Waals surface area contributed by atoms with Crippen molar-refractivity contribution in [3.05, 3.63) is 72.4 Å². The van der Waals surface area contributed by atoms with Gasteiger partial charge in [-0.05, 0) is 56.5 Å². The molecule has 1 aliphatic heterocycles. The lowest BCUT2D eigenvalue weighted by Gasteiger charge is -2.44. The van der Waals surface area contributed by atoms with Crippen molar-refractivity contribution in [3.8, 4) is 5.75 Å². The van der Waals surface area contributed by atoms with Crippen molar-refractivity contribution in [3.63, 3.8) is 0 Å². The predicted octanol–water partition coefficient (Wildman–Crippen LogP) is 9.07. The number of ether oxygens (including phenoxy) is 1. The monoisotopic (exact) mass is 665 g/mol. The third-order valence-corrected chi connectivity index (χ3v) is 7.68. The number of allylic oxidation sites excluding steroid dienone is 4. The zero-order valence-corrected chi connectivity index (χ0v) is 29.6. The molecular weight excluding hydrogens is 607 g/mol. The van der Waals surface area contributed by atoms with Gasteiger partial charge in [-0.3, -0.25) is 4.79 Å². The number of Topliss-reactive ketones (excluding diaryl/α,β-unsaturated/α-hetero) is 1. The minimum atomic E-state index is -3.22. The SMILES string of the molecule is C=C(F)C(=O)C(C)CC.C=C(Nc1ccc(OC(F)(F)CC)cc1)/C(C(=N)C(CC)CC)=C(\C=C/C)N1CC(C(O)CO)C1.CCC. The van der Waals surface area contributed by atoms with Crippen LogP contribution in [-0.2, 0) is 4.79 Å². The molecular formula is C37H58F3N3O4. The summed E-state index contributed by atoms with van der Waals surface area (Å²) in [5.74, 6) is -1.46. The van der Waals surface area contributed by atoms with Crippen molar-refractivity contribution in [2.45, 2.75) is 99.7 Å². The molecule has 266 valence electrons. The van der Waals surface area contributed by atoms with E-state index in [1.165, 1.54) is 25.5 Å². The number of nitrogens with zero attached hydrogens (tertiary/aromatic N) is 1. The highest BCUT2D eigenvalue weighted by Gasteiger charge is 2.35. The molecule has 1 aromatic rings. The number of rotatable bonds is 17. The quantitative estimate of drug-likeness (QED) is 0.0752. The molecule has 47 heavy (non-hydrogen) atoms. The minimum absolute atomic E-state index is 0.0379. The fourth-order valence-electron chi connectivity index (χ4n) is 4.50. The minimum Gasteiger partial charge on any atom is -0.433 e. The Kier molecular flexibility index (Phi) is 20.6. The van der Waals surface area contributed by atoms with Gasteiger partial charge in [0.05, 0.1) is 12.7 Å². The maximum absolute atomic E-state index is 13.5. The van der Waals surface area contributed by atoms with Gasteiger partial charge in [-0.1, -0.05) is 74.1 Å². The van der Waals surface area contributed by atoms with E-state index in [-0.39, 0.29) is 30.1 Å². The molecule has 1 fully saturated rings. The zero-order chi connectivity index (χ0) is 36.3. The van der Waals surface area contributed by atoms with E-state index >= 15 is 0 Å². The van der Waals surface area contributed by atoms with Crippen molar-refractivity contribution in [2.24, 2.45) is 17.8 Å². The molecule has 4 N–H and O–H groups in total. The van der Waals surface area contributed by atoms with Crippen LogP contribution >= 0.6 is 0 Å². The Morgan fingerprint density at radius 1 is 1.11 bits per heavy atom. The fourth-order valence-corrected chi connectivity index (χ4v) is 4.50. The lowest BCUT2D eigenvalue weighted by molar-refractivity contribution is -0.177. The molecule has 0 spiro atoms. The maximum Gasteiger partial charge on any atom is 0.397 e. The summed E-state index contributed by atoms with van der Waals surface area (Å²) in [6, 6.07) is 6.21. The highest BCUT2D eigenvalue weighted by molar-refractivity contribution is 6.04. The van der Waals surface area contributed by atoms with Crippen LogP contribution in [0.15, 0.2) is 72.4 Å². The zero-order valence-electron chi connectivity index (χ0n) is 29.6. The number of hydrogen-bond acceptors (Lipinski definition) is 7. The number of anilines is 1. The first-order valence-corrected chi connectivity index (χ1v) is 16.6. The number of aliphatic hydroxyl groups excluding tert-OH is 2. The van der Waals surface area contributed by atoms with Crippen LogP contribution in [0.1, 0.15) is 87.5 Å². The summed E-state index contributed by atoms with van der Waals surface area (Å²) in [5, 5.41) is 31.5. The van der Waals surface area contributed by atoms with E-state index in [0.29, 0.717) is 42.2 Å². The van der Waals surface area contributed by atoms with Crippen LogP contribution in [0.25, 0.3) is 0 Å². The molecule has 0 amide bonds. The molecule has 1 aromatic carbocycles. The predicted molar refractivity (Wildman–Crippen MR) is 188 cm³/mol. The van der Waals surface area contributed by atoms with Crippen molar-refractivity contribution in [1.82, 2.24) is 4.90 Å². The largest absolute Gasteiger partial charge is 0.433 e. The van der Waals surface area contributed by atoms with Gasteiger partial charge in [0.15, 0.2) is 11.6 Å². The Balaban J connectivity index is 0.00000150. The molecule has 0 radical (unpaired) electrons. The number of hydrogen-bond donors (Lipinski definition) is 4. The first-order chi connectivity index (χ1) is 22.1. The van der Waals surface area contributed by atoms with Crippen LogP contribution in [0, 0.1) is 23.2 Å². The second-order valence-corrected chi connectivity index (χ2v) is 11.6. The lowest BCUT2D eigenvalue weighted by atomic mass is 9.87. The maximum atomic E-state index is 13.5. The molecule has 0 aromatic heterocycles. The van der Waals surface area contributed by atoms with E-state index in [1.807, 2.05) is 39.8 Å². The van der Waals surface area contributed by atoms with Crippen LogP contribution in [-0.4, -0.2) is 58.5 Å². The van der Waals surface area contributed by atoms with E-state index in [4.69, 9.17) is 10.1 Å². The van der Waals surface area contributed by atoms with Crippen molar-refractivity contribution >= 4 is 17.2 Å². The number of carbonyl (C=O) groups excluding carboxylic acids is 1. The standard InChI is InChI=1S/C27H39F2N3O3.C7H11FO.C3H8/c1-6-10-23(32-15-20(16-32)24(34)17-33)25(26(30)19(7-2)8-3)18(5)31-21-11-13-22(14-12-21)35-27(28,29)9-4;1-4-5(2)7(9)6(3)8;1-3-2/h6,10-14,19-20,24,30-31,33-34H,5,7-9,15-17H2,1-4H3;5H,3-4H2,1-2H3;3H2,1-2H3/b10-6-,25-23-,30-26?;;. The summed E-state index contributed by atoms with van der Waals surface area (Å²) in [7, 11) is 0. The van der Waals surface area contributed by atoms with E-state index in [9.17, 15) is 28.2 Å². The smallest absolute Gasteiger partial charge is 0.397 e. The third-order valence-electron chi connectivity index (χ3n) is 7.68. The molecule has 10 heteroatoms. The Hall–Kier alpha value is -3.37. The molecule has 7 nitrogen and oxygen atoms in total. The van der Waals surface area contributed by atoms with Crippen LogP contribution in [0.4, 0.5) is 18.9 Å². The molecule has 2 rings (SSSR count). The number of alkyl halides is 2. The topological polar surface area (TPSA) is 106 Å². The van der Waals surface area contributed by atoms with Gasteiger partial charge < -0.3 is 30.6 Å². The first-order valence-electron chi connectivity index (χ1n) is 16.6. The van der Waals surface area contributed by atoms with Gasteiger partial charge >= 0.3 is 6.11 Å². The molecule has 0 saturated carbocycles. The first kappa shape index (κ1) is 43.6. The van der Waals surface area contributed by atoms with Gasteiger partial charge in [0, 0.05) is 65.6 Å². The van der Waals surface area contributed by atoms with Crippen molar-refractivity contribution < 1.29 is 32.9 Å². The molecule has 0 bridgehead atoms. The average molecular weight is 666 g/mol. The van der Waals surface area contributed by atoms with Crippen molar-refractivity contribution in [1.29, 1.82) is 5.41 Å². The summed E-state index contributed by atoms with van der Waals surface area (Å²) in [6.45, 7) is 23.1. The summed E-state index contributed by atoms with van der Waals surface area (Å²) in [5.41, 5.74) is 3.12. The van der Waals surface area contributed by atoms with Gasteiger partial charge in [0.25, 0.3) is 0 Å². The van der Waals surface area contributed by atoms with E-state index in [1.54, 1.807) is 19.1 Å². The number of carbonyl (C=O) groups is 1. The van der Waals surface area contributed by atoms with Gasteiger partial charge in [0.2, 0.25) is 0 Å². The highest BCUT2D eigenvalue weighted by Crippen LogP contribution is 2.32. The van der Waals surface area contributed by atoms with Crippen LogP contribution in [0.2, 0.25) is 0 Å². The molecule has 2 unspecified atom stereocenters. The van der Waals surface area contributed by atoms with Crippen LogP contribution in [0.5, 0.6) is 5.75 Å². The summed E-state index contributed by atoms with van der Waals surface area (Å²) < 4.78 is 43.8. The summed E-state index contributed by atoms with van der Waals surface area (Å²) in [4.78, 5) is 12.7. The molecule has 1 heterocycles. The molecule has 2 atom stereocenters. The second-order valence-electron chi connectivity index (χ2n) is 11.6. The molecule has 1 saturated heterocycles. The number of halogens is 3. The van der Waals surface area contributed by atoms with Crippen LogP contribution < -0.4 is 10.1 Å². The molecule has 1 aliphatic rings. The average Bonchev–Trinajstić information content (AvgIpc) is 3.01. The number of benzene rings is 1. The summed E-state index contributed by atoms with van der Waals surface area (Å²) >= 11 is 0. The number of likely N-dealkylation sites (tertiary alicyclic amines) is 1. The second kappa shape index (κ2) is 22.2. The fraction of sp³-hybridized carbons (Fsp3) is 0.568. The Labute approximate surface area is 280 Å². The van der Waals surface area contributed by atoms with E-state index in [0.717, 1.165) is 18.5 Å². The number of aliphatic hydroxyl groups is 2. The highest BCUT2D eigenvalue weighted by atomic mass is 19.3. The lowest BCUT2D eigenvalue weighted by Crippen LogP contribution is -2.52. The third kappa shape index (κ3) is 14.5. The van der Waals surface area contributed by atoms with Gasteiger partial charge in [-0.15, -0.1) is 0 Å².